The van der Waals surface area contributed by atoms with Crippen molar-refractivity contribution in [2.75, 3.05) is 13.1 Å². The number of nitrogens with zero attached hydrogens (tertiary/aromatic N) is 1. The van der Waals surface area contributed by atoms with Gasteiger partial charge in [0.05, 0.1) is 0 Å². The number of aromatic amines is 1. The van der Waals surface area contributed by atoms with Crippen molar-refractivity contribution in [1.29, 1.82) is 0 Å². The first kappa shape index (κ1) is 15.3. The Morgan fingerprint density at radius 3 is 2.41 bits per heavy atom. The Kier molecular flexibility index (Phi) is 4.11. The number of piperidine rings is 1. The van der Waals surface area contributed by atoms with Gasteiger partial charge in [0.15, 0.2) is 5.78 Å². The molecule has 1 saturated heterocycles. The molecule has 22 heavy (non-hydrogen) atoms. The second-order valence-electron chi connectivity index (χ2n) is 7.03. The SMILES string of the molecule is CC(=O)c1c(C)[nH]c(C(=O)N2CC[C@H]3CCCC[C@@H]3C2)c1C. The predicted octanol–water partition coefficient (Wildman–Crippen LogP) is 3.49. The van der Waals surface area contributed by atoms with Gasteiger partial charge in [-0.05, 0) is 51.0 Å². The molecule has 0 aromatic carbocycles. The zero-order chi connectivity index (χ0) is 15.9. The second kappa shape index (κ2) is 5.90. The van der Waals surface area contributed by atoms with Crippen LogP contribution >= 0.6 is 0 Å². The summed E-state index contributed by atoms with van der Waals surface area (Å²) in [5, 5.41) is 0. The number of nitrogens with one attached hydrogen (secondary N) is 1. The lowest BCUT2D eigenvalue weighted by Gasteiger charge is -2.41. The molecule has 4 nitrogen and oxygen atoms in total. The summed E-state index contributed by atoms with van der Waals surface area (Å²) in [5.41, 5.74) is 2.90. The number of hydrogen-bond acceptors (Lipinski definition) is 2. The first-order chi connectivity index (χ1) is 10.5. The molecule has 1 aliphatic carbocycles. The molecule has 0 radical (unpaired) electrons. The number of hydrogen-bond donors (Lipinski definition) is 1. The summed E-state index contributed by atoms with van der Waals surface area (Å²) in [4.78, 5) is 29.8. The molecule has 2 heterocycles. The van der Waals surface area contributed by atoms with Crippen LogP contribution in [0.4, 0.5) is 0 Å². The molecule has 3 rings (SSSR count). The van der Waals surface area contributed by atoms with Crippen LogP contribution in [0.5, 0.6) is 0 Å². The monoisotopic (exact) mass is 302 g/mol. The van der Waals surface area contributed by atoms with Gasteiger partial charge >= 0.3 is 0 Å². The van der Waals surface area contributed by atoms with Gasteiger partial charge in [-0.1, -0.05) is 19.3 Å². The Labute approximate surface area is 132 Å². The molecule has 1 saturated carbocycles. The summed E-state index contributed by atoms with van der Waals surface area (Å²) < 4.78 is 0. The van der Waals surface area contributed by atoms with Crippen molar-refractivity contribution in [3.05, 3.63) is 22.5 Å². The summed E-state index contributed by atoms with van der Waals surface area (Å²) >= 11 is 0. The lowest BCUT2D eigenvalue weighted by atomic mass is 9.75. The molecule has 2 aliphatic rings. The quantitative estimate of drug-likeness (QED) is 0.850. The normalized spacial score (nSPS) is 25.0. The molecule has 1 aromatic heterocycles. The van der Waals surface area contributed by atoms with Gasteiger partial charge in [0.25, 0.3) is 5.91 Å². The van der Waals surface area contributed by atoms with E-state index in [1.54, 1.807) is 6.92 Å². The van der Waals surface area contributed by atoms with E-state index in [0.29, 0.717) is 17.2 Å². The van der Waals surface area contributed by atoms with Crippen molar-refractivity contribution in [3.8, 4) is 0 Å². The minimum Gasteiger partial charge on any atom is -0.354 e. The minimum atomic E-state index is 0.0243. The van der Waals surface area contributed by atoms with Gasteiger partial charge in [0.1, 0.15) is 5.69 Å². The number of rotatable bonds is 2. The second-order valence-corrected chi connectivity index (χ2v) is 7.03. The van der Waals surface area contributed by atoms with E-state index in [4.69, 9.17) is 0 Å². The average Bonchev–Trinajstić information content (AvgIpc) is 2.81. The zero-order valence-corrected chi connectivity index (χ0v) is 13.9. The van der Waals surface area contributed by atoms with Crippen LogP contribution in [-0.2, 0) is 0 Å². The van der Waals surface area contributed by atoms with E-state index >= 15 is 0 Å². The molecule has 0 bridgehead atoms. The molecular formula is C18H26N2O2. The summed E-state index contributed by atoms with van der Waals surface area (Å²) in [6.07, 6.45) is 6.39. The number of ketones is 1. The number of H-pyrrole nitrogens is 1. The van der Waals surface area contributed by atoms with Crippen molar-refractivity contribution < 1.29 is 9.59 Å². The average molecular weight is 302 g/mol. The lowest BCUT2D eigenvalue weighted by molar-refractivity contribution is 0.0515. The summed E-state index contributed by atoms with van der Waals surface area (Å²) in [5.74, 6) is 1.58. The number of carbonyl (C=O) groups excluding carboxylic acids is 2. The molecule has 1 aromatic rings. The number of aryl methyl sites for hydroxylation is 1. The fourth-order valence-electron chi connectivity index (χ4n) is 4.44. The van der Waals surface area contributed by atoms with Gasteiger partial charge < -0.3 is 9.88 Å². The molecule has 2 fully saturated rings. The van der Waals surface area contributed by atoms with Crippen LogP contribution < -0.4 is 0 Å². The highest BCUT2D eigenvalue weighted by molar-refractivity contribution is 6.02. The summed E-state index contributed by atoms with van der Waals surface area (Å²) in [7, 11) is 0. The Balaban J connectivity index is 1.80. The zero-order valence-electron chi connectivity index (χ0n) is 13.9. The van der Waals surface area contributed by atoms with E-state index < -0.39 is 0 Å². The van der Waals surface area contributed by atoms with Crippen LogP contribution in [0, 0.1) is 25.7 Å². The van der Waals surface area contributed by atoms with E-state index in [1.165, 1.54) is 25.7 Å². The van der Waals surface area contributed by atoms with Crippen molar-refractivity contribution >= 4 is 11.7 Å². The van der Waals surface area contributed by atoms with Crippen molar-refractivity contribution in [3.63, 3.8) is 0 Å². The van der Waals surface area contributed by atoms with Gasteiger partial charge in [0, 0.05) is 24.3 Å². The molecule has 2 atom stereocenters. The standard InChI is InChI=1S/C18H26N2O2/c1-11-16(13(3)21)12(2)19-17(11)18(22)20-9-8-14-6-4-5-7-15(14)10-20/h14-15,19H,4-10H2,1-3H3/t14-,15-/m1/s1. The fourth-order valence-corrected chi connectivity index (χ4v) is 4.44. The fraction of sp³-hybridized carbons (Fsp3) is 0.667. The van der Waals surface area contributed by atoms with Crippen LogP contribution in [0.1, 0.15) is 71.1 Å². The first-order valence-electron chi connectivity index (χ1n) is 8.48. The van der Waals surface area contributed by atoms with Gasteiger partial charge in [-0.2, -0.15) is 0 Å². The molecule has 120 valence electrons. The number of amides is 1. The van der Waals surface area contributed by atoms with E-state index in [9.17, 15) is 9.59 Å². The van der Waals surface area contributed by atoms with E-state index in [2.05, 4.69) is 4.98 Å². The van der Waals surface area contributed by atoms with E-state index in [-0.39, 0.29) is 11.7 Å². The van der Waals surface area contributed by atoms with Crippen molar-refractivity contribution in [2.45, 2.75) is 52.9 Å². The maximum atomic E-state index is 12.9. The Morgan fingerprint density at radius 1 is 1.09 bits per heavy atom. The molecule has 0 unspecified atom stereocenters. The number of likely N-dealkylation sites (tertiary alicyclic amines) is 1. The number of Topliss-reactive ketones (excluding diaryl/α,β-unsaturated/α-hetero) is 1. The molecular weight excluding hydrogens is 276 g/mol. The van der Waals surface area contributed by atoms with Crippen LogP contribution in [0.25, 0.3) is 0 Å². The van der Waals surface area contributed by atoms with Crippen LogP contribution in [0.3, 0.4) is 0 Å². The van der Waals surface area contributed by atoms with Gasteiger partial charge in [-0.15, -0.1) is 0 Å². The van der Waals surface area contributed by atoms with Gasteiger partial charge in [0.2, 0.25) is 0 Å². The molecule has 1 N–H and O–H groups in total. The lowest BCUT2D eigenvalue weighted by Crippen LogP contribution is -2.45. The number of fused-ring (bicyclic) bond motifs is 1. The van der Waals surface area contributed by atoms with Crippen LogP contribution in [-0.4, -0.2) is 34.7 Å². The van der Waals surface area contributed by atoms with Crippen molar-refractivity contribution in [1.82, 2.24) is 9.88 Å². The number of carbonyl (C=O) groups is 2. The maximum Gasteiger partial charge on any atom is 0.270 e. The first-order valence-corrected chi connectivity index (χ1v) is 8.48. The van der Waals surface area contributed by atoms with Gasteiger partial charge in [-0.25, -0.2) is 0 Å². The topological polar surface area (TPSA) is 53.2 Å². The molecule has 4 heteroatoms. The third-order valence-electron chi connectivity index (χ3n) is 5.58. The third-order valence-corrected chi connectivity index (χ3v) is 5.58. The Morgan fingerprint density at radius 2 is 1.77 bits per heavy atom. The smallest absolute Gasteiger partial charge is 0.270 e. The minimum absolute atomic E-state index is 0.0243. The summed E-state index contributed by atoms with van der Waals surface area (Å²) in [6.45, 7) is 7.04. The molecule has 1 aliphatic heterocycles. The highest BCUT2D eigenvalue weighted by atomic mass is 16.2. The highest BCUT2D eigenvalue weighted by Gasteiger charge is 2.34. The predicted molar refractivity (Wildman–Crippen MR) is 86.2 cm³/mol. The third kappa shape index (κ3) is 2.59. The van der Waals surface area contributed by atoms with Crippen LogP contribution in [0.15, 0.2) is 0 Å². The molecule has 1 amide bonds. The largest absolute Gasteiger partial charge is 0.354 e. The van der Waals surface area contributed by atoms with Crippen molar-refractivity contribution in [2.24, 2.45) is 11.8 Å². The Hall–Kier alpha value is -1.58. The molecule has 0 spiro atoms. The van der Waals surface area contributed by atoms with E-state index in [1.807, 2.05) is 18.7 Å². The number of aromatic nitrogens is 1. The summed E-state index contributed by atoms with van der Waals surface area (Å²) in [6, 6.07) is 0. The van der Waals surface area contributed by atoms with Crippen LogP contribution in [0.2, 0.25) is 0 Å². The van der Waals surface area contributed by atoms with E-state index in [0.717, 1.165) is 36.7 Å². The highest BCUT2D eigenvalue weighted by Crippen LogP contribution is 2.36. The van der Waals surface area contributed by atoms with Gasteiger partial charge in [-0.3, -0.25) is 9.59 Å². The maximum absolute atomic E-state index is 12.9. The Bertz CT molecular complexity index is 602.